The Hall–Kier alpha value is -1.00. The Morgan fingerprint density at radius 3 is 2.12 bits per heavy atom. The first-order valence-electron chi connectivity index (χ1n) is 5.83. The molecule has 2 rings (SSSR count). The van der Waals surface area contributed by atoms with Gasteiger partial charge in [0.1, 0.15) is 0 Å². The minimum absolute atomic E-state index is 0.389. The Balaban J connectivity index is 0.000000181. The summed E-state index contributed by atoms with van der Waals surface area (Å²) in [6.07, 6.45) is 0. The minimum atomic E-state index is -0.775. The van der Waals surface area contributed by atoms with E-state index < -0.39 is 11.6 Å². The highest BCUT2D eigenvalue weighted by atomic mass is 19.2. The van der Waals surface area contributed by atoms with Crippen molar-refractivity contribution in [3.8, 4) is 0 Å². The molecule has 2 nitrogen and oxygen atoms in total. The molecule has 96 valence electrons. The summed E-state index contributed by atoms with van der Waals surface area (Å²) in [5.74, 6) is -1.51. The maximum Gasteiger partial charge on any atom is 0.161 e. The van der Waals surface area contributed by atoms with Crippen molar-refractivity contribution in [3.05, 3.63) is 34.9 Å². The molecule has 0 atom stereocenters. The summed E-state index contributed by atoms with van der Waals surface area (Å²) in [5, 5.41) is 3.27. The van der Waals surface area contributed by atoms with Gasteiger partial charge in [-0.3, -0.25) is 0 Å². The maximum atomic E-state index is 12.6. The van der Waals surface area contributed by atoms with E-state index in [9.17, 15) is 8.78 Å². The van der Waals surface area contributed by atoms with Gasteiger partial charge >= 0.3 is 0 Å². The number of halogens is 2. The van der Waals surface area contributed by atoms with Crippen LogP contribution in [0.25, 0.3) is 0 Å². The van der Waals surface area contributed by atoms with Crippen molar-refractivity contribution >= 4 is 0 Å². The van der Waals surface area contributed by atoms with Crippen LogP contribution in [-0.2, 0) is 0 Å². The number of likely N-dealkylation sites (N-methyl/N-ethyl adjacent to an activating group) is 1. The lowest BCUT2D eigenvalue weighted by atomic mass is 10.1. The number of benzene rings is 1. The van der Waals surface area contributed by atoms with Gasteiger partial charge in [-0.05, 0) is 38.1 Å². The number of nitrogens with one attached hydrogen (secondary N) is 1. The van der Waals surface area contributed by atoms with Crippen LogP contribution < -0.4 is 5.32 Å². The van der Waals surface area contributed by atoms with Crippen LogP contribution in [0.15, 0.2) is 12.1 Å². The van der Waals surface area contributed by atoms with Gasteiger partial charge < -0.3 is 10.2 Å². The molecule has 1 aromatic carbocycles. The first-order valence-corrected chi connectivity index (χ1v) is 5.83. The van der Waals surface area contributed by atoms with Gasteiger partial charge in [0.25, 0.3) is 0 Å². The third kappa shape index (κ3) is 4.40. The zero-order valence-corrected chi connectivity index (χ0v) is 10.7. The van der Waals surface area contributed by atoms with Crippen LogP contribution in [0.2, 0.25) is 0 Å². The van der Waals surface area contributed by atoms with Gasteiger partial charge in [0.15, 0.2) is 11.6 Å². The Morgan fingerprint density at radius 2 is 1.71 bits per heavy atom. The lowest BCUT2D eigenvalue weighted by Gasteiger charge is -2.21. The van der Waals surface area contributed by atoms with Gasteiger partial charge in [0.2, 0.25) is 0 Å². The molecule has 1 aromatic rings. The average molecular weight is 242 g/mol. The second-order valence-corrected chi connectivity index (χ2v) is 4.36. The Labute approximate surface area is 102 Å². The van der Waals surface area contributed by atoms with Gasteiger partial charge in [0, 0.05) is 26.2 Å². The highest BCUT2D eigenvalue weighted by molar-refractivity contribution is 5.26. The molecule has 1 aliphatic rings. The fourth-order valence-electron chi connectivity index (χ4n) is 1.53. The van der Waals surface area contributed by atoms with Crippen LogP contribution in [0.1, 0.15) is 11.1 Å². The highest BCUT2D eigenvalue weighted by Crippen LogP contribution is 2.13. The summed E-state index contributed by atoms with van der Waals surface area (Å²) >= 11 is 0. The lowest BCUT2D eigenvalue weighted by Crippen LogP contribution is -2.40. The number of rotatable bonds is 0. The Morgan fingerprint density at radius 1 is 1.12 bits per heavy atom. The molecule has 1 saturated heterocycles. The average Bonchev–Trinajstić information content (AvgIpc) is 2.33. The molecule has 17 heavy (non-hydrogen) atoms. The van der Waals surface area contributed by atoms with E-state index in [0.29, 0.717) is 5.56 Å². The molecule has 0 spiro atoms. The summed E-state index contributed by atoms with van der Waals surface area (Å²) in [7, 11) is 2.15. The normalized spacial score (nSPS) is 16.3. The maximum absolute atomic E-state index is 12.6. The minimum Gasteiger partial charge on any atom is -0.314 e. The summed E-state index contributed by atoms with van der Waals surface area (Å²) in [4.78, 5) is 2.33. The number of aryl methyl sites for hydroxylation is 1. The first-order chi connectivity index (χ1) is 8.02. The largest absolute Gasteiger partial charge is 0.314 e. The zero-order chi connectivity index (χ0) is 12.8. The highest BCUT2D eigenvalue weighted by Gasteiger charge is 2.05. The number of hydrogen-bond acceptors (Lipinski definition) is 2. The molecular weight excluding hydrogens is 222 g/mol. The van der Waals surface area contributed by atoms with Crippen LogP contribution in [0.4, 0.5) is 8.78 Å². The Kier molecular flexibility index (Phi) is 5.51. The van der Waals surface area contributed by atoms with E-state index in [-0.39, 0.29) is 0 Å². The molecule has 1 aliphatic heterocycles. The lowest BCUT2D eigenvalue weighted by molar-refractivity contribution is 0.291. The predicted octanol–water partition coefficient (Wildman–Crippen LogP) is 2.10. The molecule has 1 fully saturated rings. The molecule has 0 radical (unpaired) electrons. The van der Waals surface area contributed by atoms with E-state index in [1.165, 1.54) is 13.1 Å². The second kappa shape index (κ2) is 6.67. The zero-order valence-electron chi connectivity index (χ0n) is 10.7. The van der Waals surface area contributed by atoms with Crippen LogP contribution in [0.5, 0.6) is 0 Å². The van der Waals surface area contributed by atoms with Crippen LogP contribution >= 0.6 is 0 Å². The van der Waals surface area contributed by atoms with Crippen LogP contribution in [0.3, 0.4) is 0 Å². The quantitative estimate of drug-likeness (QED) is 0.749. The summed E-state index contributed by atoms with van der Waals surface area (Å²) < 4.78 is 25.0. The molecule has 0 unspecified atom stereocenters. The van der Waals surface area contributed by atoms with E-state index in [1.807, 2.05) is 0 Å². The summed E-state index contributed by atoms with van der Waals surface area (Å²) in [6, 6.07) is 2.70. The van der Waals surface area contributed by atoms with Crippen LogP contribution in [-0.4, -0.2) is 38.1 Å². The molecule has 1 heterocycles. The monoisotopic (exact) mass is 242 g/mol. The molecule has 0 aromatic heterocycles. The van der Waals surface area contributed by atoms with E-state index >= 15 is 0 Å². The van der Waals surface area contributed by atoms with Crippen molar-refractivity contribution in [3.63, 3.8) is 0 Å². The van der Waals surface area contributed by atoms with Crippen molar-refractivity contribution in [1.82, 2.24) is 10.2 Å². The summed E-state index contributed by atoms with van der Waals surface area (Å²) in [6.45, 7) is 8.05. The van der Waals surface area contributed by atoms with Gasteiger partial charge in [-0.2, -0.15) is 0 Å². The predicted molar refractivity (Wildman–Crippen MR) is 66.2 cm³/mol. The van der Waals surface area contributed by atoms with Gasteiger partial charge in [-0.25, -0.2) is 8.78 Å². The fraction of sp³-hybridized carbons (Fsp3) is 0.538. The topological polar surface area (TPSA) is 15.3 Å². The van der Waals surface area contributed by atoms with Crippen molar-refractivity contribution in [2.24, 2.45) is 0 Å². The SMILES string of the molecule is CN1CCNCC1.Cc1ccc(F)c(F)c1C. The summed E-state index contributed by atoms with van der Waals surface area (Å²) in [5.41, 5.74) is 1.17. The number of piperazine rings is 1. The number of nitrogens with zero attached hydrogens (tertiary/aromatic N) is 1. The smallest absolute Gasteiger partial charge is 0.161 e. The second-order valence-electron chi connectivity index (χ2n) is 4.36. The Bertz CT molecular complexity index is 334. The molecule has 0 amide bonds. The molecular formula is C13H20F2N2. The molecule has 4 heteroatoms. The van der Waals surface area contributed by atoms with Crippen molar-refractivity contribution in [1.29, 1.82) is 0 Å². The molecule has 0 bridgehead atoms. The standard InChI is InChI=1S/C8H8F2.C5H12N2/c1-5-3-4-7(9)8(10)6(5)2;1-7-4-2-6-3-5-7/h3-4H,1-2H3;6H,2-5H2,1H3. The van der Waals surface area contributed by atoms with E-state index in [4.69, 9.17) is 0 Å². The molecule has 0 saturated carbocycles. The van der Waals surface area contributed by atoms with Gasteiger partial charge in [0.05, 0.1) is 0 Å². The van der Waals surface area contributed by atoms with Gasteiger partial charge in [-0.1, -0.05) is 6.07 Å². The van der Waals surface area contributed by atoms with E-state index in [2.05, 4.69) is 17.3 Å². The first kappa shape index (κ1) is 14.1. The van der Waals surface area contributed by atoms with Gasteiger partial charge in [-0.15, -0.1) is 0 Å². The third-order valence-electron chi connectivity index (χ3n) is 2.95. The van der Waals surface area contributed by atoms with Crippen molar-refractivity contribution in [2.75, 3.05) is 33.2 Å². The third-order valence-corrected chi connectivity index (χ3v) is 2.95. The van der Waals surface area contributed by atoms with Crippen molar-refractivity contribution in [2.45, 2.75) is 13.8 Å². The fourth-order valence-corrected chi connectivity index (χ4v) is 1.53. The van der Waals surface area contributed by atoms with Crippen LogP contribution in [0, 0.1) is 25.5 Å². The molecule has 1 N–H and O–H groups in total. The van der Waals surface area contributed by atoms with E-state index in [0.717, 1.165) is 24.7 Å². The van der Waals surface area contributed by atoms with Crippen molar-refractivity contribution < 1.29 is 8.78 Å². The number of hydrogen-bond donors (Lipinski definition) is 1. The molecule has 0 aliphatic carbocycles. The van der Waals surface area contributed by atoms with E-state index in [1.54, 1.807) is 19.9 Å².